The van der Waals surface area contributed by atoms with Crippen LogP contribution in [0.4, 0.5) is 0 Å². The molecular formula is C16H21NO6. The zero-order valence-electron chi connectivity index (χ0n) is 12.7. The van der Waals surface area contributed by atoms with Gasteiger partial charge >= 0.3 is 0 Å². The lowest BCUT2D eigenvalue weighted by Crippen LogP contribution is -2.02. The van der Waals surface area contributed by atoms with Crippen molar-refractivity contribution in [1.82, 2.24) is 0 Å². The van der Waals surface area contributed by atoms with E-state index in [4.69, 9.17) is 36.1 Å². The number of para-hydroxylation sites is 2. The summed E-state index contributed by atoms with van der Waals surface area (Å²) in [5, 5.41) is 42.7. The maximum absolute atomic E-state index is 9.04. The summed E-state index contributed by atoms with van der Waals surface area (Å²) in [7, 11) is 0. The van der Waals surface area contributed by atoms with Gasteiger partial charge in [0.2, 0.25) is 0 Å². The van der Waals surface area contributed by atoms with Gasteiger partial charge in [-0.25, -0.2) is 0 Å². The molecule has 0 radical (unpaired) electrons. The van der Waals surface area contributed by atoms with Crippen molar-refractivity contribution in [2.24, 2.45) is 5.73 Å². The zero-order valence-corrected chi connectivity index (χ0v) is 12.7. The standard InChI is InChI=1S/C8H11NO2.C6H6O2.C2H4O2/c9-4-3-6-1-2-7(10)8(11)5-6;7-5-3-1-2-4-6(5)8;1-2(3)4/h1-2,5,10-11H,3-4,9H2;1-4,7-8H;1H3,(H,3,4). The van der Waals surface area contributed by atoms with Crippen LogP contribution in [0.2, 0.25) is 0 Å². The SMILES string of the molecule is CC(=O)O.NCCc1ccc(O)c(O)c1.Oc1ccccc1O. The third kappa shape index (κ3) is 9.59. The first-order valence-electron chi connectivity index (χ1n) is 6.65. The maximum Gasteiger partial charge on any atom is 0.300 e. The van der Waals surface area contributed by atoms with Crippen LogP contribution in [0.3, 0.4) is 0 Å². The first kappa shape index (κ1) is 20.1. The third-order valence-corrected chi connectivity index (χ3v) is 2.35. The number of carboxylic acid groups (broad SMARTS) is 1. The second-order valence-corrected chi connectivity index (χ2v) is 4.37. The molecule has 0 fully saturated rings. The van der Waals surface area contributed by atoms with E-state index in [1.807, 2.05) is 0 Å². The summed E-state index contributed by atoms with van der Waals surface area (Å²) in [6.07, 6.45) is 0.716. The molecule has 7 heteroatoms. The van der Waals surface area contributed by atoms with Crippen molar-refractivity contribution >= 4 is 5.97 Å². The van der Waals surface area contributed by atoms with Crippen LogP contribution < -0.4 is 5.73 Å². The summed E-state index contributed by atoms with van der Waals surface area (Å²) in [5.74, 6) is -1.17. The van der Waals surface area contributed by atoms with Crippen LogP contribution in [0.1, 0.15) is 12.5 Å². The number of aromatic hydroxyl groups is 4. The van der Waals surface area contributed by atoms with Crippen LogP contribution in [0.5, 0.6) is 23.0 Å². The number of carbonyl (C=O) groups is 1. The lowest BCUT2D eigenvalue weighted by Gasteiger charge is -2.00. The van der Waals surface area contributed by atoms with Crippen LogP contribution in [0, 0.1) is 0 Å². The first-order valence-corrected chi connectivity index (χ1v) is 6.65. The molecule has 23 heavy (non-hydrogen) atoms. The Morgan fingerprint density at radius 3 is 1.70 bits per heavy atom. The minimum atomic E-state index is -0.833. The van der Waals surface area contributed by atoms with Crippen molar-refractivity contribution < 1.29 is 30.3 Å². The molecule has 0 saturated heterocycles. The Morgan fingerprint density at radius 2 is 1.35 bits per heavy atom. The van der Waals surface area contributed by atoms with Gasteiger partial charge in [-0.05, 0) is 42.8 Å². The van der Waals surface area contributed by atoms with Gasteiger partial charge in [-0.3, -0.25) is 4.79 Å². The van der Waals surface area contributed by atoms with Gasteiger partial charge in [0.1, 0.15) is 0 Å². The fraction of sp³-hybridized carbons (Fsp3) is 0.188. The highest BCUT2D eigenvalue weighted by atomic mass is 16.4. The number of hydrogen-bond acceptors (Lipinski definition) is 6. The van der Waals surface area contributed by atoms with Gasteiger partial charge in [-0.15, -0.1) is 0 Å². The molecule has 0 saturated carbocycles. The molecule has 0 atom stereocenters. The van der Waals surface area contributed by atoms with Crippen molar-refractivity contribution in [2.45, 2.75) is 13.3 Å². The summed E-state index contributed by atoms with van der Waals surface area (Å²) in [4.78, 5) is 9.00. The summed E-state index contributed by atoms with van der Waals surface area (Å²) >= 11 is 0. The van der Waals surface area contributed by atoms with Crippen LogP contribution >= 0.6 is 0 Å². The molecule has 0 aliphatic heterocycles. The van der Waals surface area contributed by atoms with E-state index in [9.17, 15) is 0 Å². The zero-order chi connectivity index (χ0) is 17.8. The Labute approximate surface area is 133 Å². The Morgan fingerprint density at radius 1 is 0.913 bits per heavy atom. The molecule has 0 bridgehead atoms. The lowest BCUT2D eigenvalue weighted by atomic mass is 10.1. The van der Waals surface area contributed by atoms with Crippen LogP contribution in [0.15, 0.2) is 42.5 Å². The Hall–Kier alpha value is -2.93. The Balaban J connectivity index is 0.000000354. The number of carboxylic acids is 1. The lowest BCUT2D eigenvalue weighted by molar-refractivity contribution is -0.134. The molecule has 126 valence electrons. The number of phenols is 4. The number of hydrogen-bond donors (Lipinski definition) is 6. The van der Waals surface area contributed by atoms with E-state index in [-0.39, 0.29) is 23.0 Å². The predicted molar refractivity (Wildman–Crippen MR) is 85.6 cm³/mol. The van der Waals surface area contributed by atoms with E-state index in [1.54, 1.807) is 18.2 Å². The molecule has 0 spiro atoms. The molecule has 0 amide bonds. The minimum Gasteiger partial charge on any atom is -0.504 e. The van der Waals surface area contributed by atoms with Crippen molar-refractivity contribution in [3.8, 4) is 23.0 Å². The van der Waals surface area contributed by atoms with Gasteiger partial charge in [-0.1, -0.05) is 18.2 Å². The molecule has 0 aliphatic carbocycles. The van der Waals surface area contributed by atoms with Gasteiger partial charge in [0.05, 0.1) is 0 Å². The average Bonchev–Trinajstić information content (AvgIpc) is 2.47. The highest BCUT2D eigenvalue weighted by Gasteiger charge is 1.98. The van der Waals surface area contributed by atoms with Crippen LogP contribution in [0.25, 0.3) is 0 Å². The molecule has 0 heterocycles. The van der Waals surface area contributed by atoms with Crippen molar-refractivity contribution in [3.05, 3.63) is 48.0 Å². The monoisotopic (exact) mass is 323 g/mol. The molecule has 2 rings (SSSR count). The molecule has 2 aromatic rings. The first-order chi connectivity index (χ1) is 10.8. The summed E-state index contributed by atoms with van der Waals surface area (Å²) < 4.78 is 0. The number of nitrogens with two attached hydrogens (primary N) is 1. The molecule has 0 aromatic heterocycles. The smallest absolute Gasteiger partial charge is 0.300 e. The second-order valence-electron chi connectivity index (χ2n) is 4.37. The fourth-order valence-electron chi connectivity index (χ4n) is 1.36. The van der Waals surface area contributed by atoms with E-state index in [0.29, 0.717) is 13.0 Å². The topological polar surface area (TPSA) is 144 Å². The summed E-state index contributed by atoms with van der Waals surface area (Å²) in [5.41, 5.74) is 6.24. The number of rotatable bonds is 2. The summed E-state index contributed by atoms with van der Waals surface area (Å²) in [6.45, 7) is 1.63. The van der Waals surface area contributed by atoms with Gasteiger partial charge in [0.25, 0.3) is 5.97 Å². The number of phenolic OH excluding ortho intramolecular Hbond substituents is 4. The average molecular weight is 323 g/mol. The van der Waals surface area contributed by atoms with Crippen molar-refractivity contribution in [3.63, 3.8) is 0 Å². The van der Waals surface area contributed by atoms with E-state index in [0.717, 1.165) is 12.5 Å². The molecule has 2 aromatic carbocycles. The molecule has 0 unspecified atom stereocenters. The van der Waals surface area contributed by atoms with Crippen molar-refractivity contribution in [2.75, 3.05) is 6.54 Å². The molecular weight excluding hydrogens is 302 g/mol. The Bertz CT molecular complexity index is 590. The van der Waals surface area contributed by atoms with E-state index < -0.39 is 5.97 Å². The quantitative estimate of drug-likeness (QED) is 0.462. The second kappa shape index (κ2) is 10.7. The number of benzene rings is 2. The van der Waals surface area contributed by atoms with Gasteiger partial charge in [-0.2, -0.15) is 0 Å². The number of aliphatic carboxylic acids is 1. The highest BCUT2D eigenvalue weighted by Crippen LogP contribution is 2.24. The fourth-order valence-corrected chi connectivity index (χ4v) is 1.36. The minimum absolute atomic E-state index is 0.0764. The largest absolute Gasteiger partial charge is 0.504 e. The molecule has 0 aliphatic rings. The molecule has 7 nitrogen and oxygen atoms in total. The normalized spacial score (nSPS) is 8.96. The van der Waals surface area contributed by atoms with E-state index in [2.05, 4.69) is 0 Å². The maximum atomic E-state index is 9.04. The van der Waals surface area contributed by atoms with Gasteiger partial charge in [0.15, 0.2) is 23.0 Å². The van der Waals surface area contributed by atoms with Crippen molar-refractivity contribution in [1.29, 1.82) is 0 Å². The predicted octanol–water partition coefficient (Wildman–Crippen LogP) is 1.79. The van der Waals surface area contributed by atoms with Gasteiger partial charge in [0, 0.05) is 6.92 Å². The van der Waals surface area contributed by atoms with E-state index >= 15 is 0 Å². The molecule has 7 N–H and O–H groups in total. The van der Waals surface area contributed by atoms with E-state index in [1.165, 1.54) is 24.3 Å². The Kier molecular flexibility index (Phi) is 9.38. The summed E-state index contributed by atoms with van der Waals surface area (Å²) in [6, 6.07) is 10.9. The third-order valence-electron chi connectivity index (χ3n) is 2.35. The van der Waals surface area contributed by atoms with Gasteiger partial charge < -0.3 is 31.3 Å². The van der Waals surface area contributed by atoms with Crippen LogP contribution in [-0.4, -0.2) is 38.0 Å². The highest BCUT2D eigenvalue weighted by molar-refractivity contribution is 5.62. The van der Waals surface area contributed by atoms with Crippen LogP contribution in [-0.2, 0) is 11.2 Å².